The van der Waals surface area contributed by atoms with Crippen LogP contribution in [0.4, 0.5) is 0 Å². The molecule has 0 saturated carbocycles. The third-order valence-corrected chi connectivity index (χ3v) is 8.72. The predicted octanol–water partition coefficient (Wildman–Crippen LogP) is 5.64. The molecule has 7 nitrogen and oxygen atoms in total. The Kier molecular flexibility index (Phi) is 7.91. The van der Waals surface area contributed by atoms with E-state index in [1.807, 2.05) is 47.4 Å². The van der Waals surface area contributed by atoms with Gasteiger partial charge in [-0.15, -0.1) is 0 Å². The maximum Gasteiger partial charge on any atom is 0.255 e. The molecule has 2 aliphatic heterocycles. The van der Waals surface area contributed by atoms with Gasteiger partial charge in [0.1, 0.15) is 5.82 Å². The van der Waals surface area contributed by atoms with Crippen LogP contribution < -0.4 is 0 Å². The summed E-state index contributed by atoms with van der Waals surface area (Å²) >= 11 is 9.85. The first-order valence-corrected chi connectivity index (χ1v) is 14.9. The van der Waals surface area contributed by atoms with Gasteiger partial charge in [0, 0.05) is 42.9 Å². The van der Waals surface area contributed by atoms with Gasteiger partial charge in [-0.05, 0) is 61.9 Å². The van der Waals surface area contributed by atoms with Gasteiger partial charge in [0.15, 0.2) is 0 Å². The topological polar surface area (TPSA) is 61.7 Å². The van der Waals surface area contributed by atoms with Gasteiger partial charge in [0.2, 0.25) is 5.91 Å². The number of piperazine rings is 1. The zero-order valence-corrected chi connectivity index (χ0v) is 24.5. The normalized spacial score (nSPS) is 18.3. The van der Waals surface area contributed by atoms with Crippen LogP contribution in [0.15, 0.2) is 77.3 Å². The number of carbonyl (C=O) groups excluding carboxylic acids is 2. The smallest absolute Gasteiger partial charge is 0.255 e. The number of aromatic nitrogens is 2. The van der Waals surface area contributed by atoms with E-state index in [0.717, 1.165) is 46.4 Å². The number of rotatable bonds is 5. The Bertz CT molecular complexity index is 1550. The Hall–Kier alpha value is -3.20. The molecule has 2 amide bonds. The average molecular weight is 621 g/mol. The predicted molar refractivity (Wildman–Crippen MR) is 161 cm³/mol. The highest BCUT2D eigenvalue weighted by Gasteiger charge is 2.33. The summed E-state index contributed by atoms with van der Waals surface area (Å²) in [4.78, 5) is 37.6. The minimum absolute atomic E-state index is 0.0525. The van der Waals surface area contributed by atoms with Gasteiger partial charge in [0.05, 0.1) is 34.1 Å². The van der Waals surface area contributed by atoms with E-state index >= 15 is 0 Å². The molecular weight excluding hydrogens is 590 g/mol. The second kappa shape index (κ2) is 11.7. The largest absolute Gasteiger partial charge is 0.339 e. The van der Waals surface area contributed by atoms with Crippen LogP contribution in [0.25, 0.3) is 16.7 Å². The first-order valence-electron chi connectivity index (χ1n) is 13.7. The SMILES string of the molecule is O=C(c1ccccc1Cl)N1CCN(C(=O)[C@@H]2CCCN(Cc3nc4ccccc4n3-c3cccc(Br)c3)C2)CC1. The Labute approximate surface area is 247 Å². The lowest BCUT2D eigenvalue weighted by Crippen LogP contribution is -2.53. The van der Waals surface area contributed by atoms with Crippen LogP contribution in [-0.4, -0.2) is 75.3 Å². The number of hydrogen-bond acceptors (Lipinski definition) is 4. The Morgan fingerprint density at radius 3 is 2.45 bits per heavy atom. The van der Waals surface area contributed by atoms with Crippen molar-refractivity contribution in [3.05, 3.63) is 93.7 Å². The number of nitrogens with zero attached hydrogens (tertiary/aromatic N) is 5. The molecule has 2 saturated heterocycles. The number of carbonyl (C=O) groups is 2. The molecule has 0 aliphatic carbocycles. The van der Waals surface area contributed by atoms with E-state index in [2.05, 4.69) is 43.6 Å². The highest BCUT2D eigenvalue weighted by atomic mass is 79.9. The molecule has 0 N–H and O–H groups in total. The van der Waals surface area contributed by atoms with Crippen LogP contribution >= 0.6 is 27.5 Å². The third kappa shape index (κ3) is 5.53. The molecule has 1 atom stereocenters. The second-order valence-electron chi connectivity index (χ2n) is 10.5. The summed E-state index contributed by atoms with van der Waals surface area (Å²) in [7, 11) is 0. The molecule has 40 heavy (non-hydrogen) atoms. The number of imidazole rings is 1. The Morgan fingerprint density at radius 2 is 1.65 bits per heavy atom. The third-order valence-electron chi connectivity index (χ3n) is 7.90. The van der Waals surface area contributed by atoms with Crippen LogP contribution in [0.2, 0.25) is 5.02 Å². The van der Waals surface area contributed by atoms with Gasteiger partial charge in [0.25, 0.3) is 5.91 Å². The molecular formula is C31H31BrClN5O2. The van der Waals surface area contributed by atoms with E-state index in [4.69, 9.17) is 16.6 Å². The zero-order valence-electron chi connectivity index (χ0n) is 22.2. The van der Waals surface area contributed by atoms with E-state index in [9.17, 15) is 9.59 Å². The fraction of sp³-hybridized carbons (Fsp3) is 0.323. The average Bonchev–Trinajstić information content (AvgIpc) is 3.34. The molecule has 3 heterocycles. The van der Waals surface area contributed by atoms with Crippen molar-refractivity contribution >= 4 is 50.4 Å². The number of amides is 2. The summed E-state index contributed by atoms with van der Waals surface area (Å²) in [5, 5.41) is 0.460. The van der Waals surface area contributed by atoms with Crippen LogP contribution in [0.1, 0.15) is 29.0 Å². The van der Waals surface area contributed by atoms with Crippen LogP contribution in [-0.2, 0) is 11.3 Å². The van der Waals surface area contributed by atoms with Gasteiger partial charge in [-0.3, -0.25) is 19.1 Å². The molecule has 6 rings (SSSR count). The lowest BCUT2D eigenvalue weighted by molar-refractivity contribution is -0.139. The standard InChI is InChI=1S/C31H31BrClN5O2/c32-23-8-5-9-24(19-23)38-28-13-4-3-12-27(28)34-29(38)21-35-14-6-7-22(20-35)30(39)36-15-17-37(18-16-36)31(40)25-10-1-2-11-26(25)33/h1-5,8-13,19,22H,6-7,14-18,20-21H2/t22-/m1/s1. The number of benzene rings is 3. The molecule has 3 aromatic carbocycles. The van der Waals surface area contributed by atoms with Crippen LogP contribution in [0.5, 0.6) is 0 Å². The minimum Gasteiger partial charge on any atom is -0.339 e. The number of likely N-dealkylation sites (tertiary alicyclic amines) is 1. The fourth-order valence-corrected chi connectivity index (χ4v) is 6.48. The molecule has 1 aromatic heterocycles. The number of halogens is 2. The highest BCUT2D eigenvalue weighted by molar-refractivity contribution is 9.10. The summed E-state index contributed by atoms with van der Waals surface area (Å²) in [6.45, 7) is 4.44. The Morgan fingerprint density at radius 1 is 0.900 bits per heavy atom. The quantitative estimate of drug-likeness (QED) is 0.290. The summed E-state index contributed by atoms with van der Waals surface area (Å²) in [5.74, 6) is 1.03. The number of piperidine rings is 1. The molecule has 9 heteroatoms. The summed E-state index contributed by atoms with van der Waals surface area (Å²) in [5.41, 5.74) is 3.61. The molecule has 0 radical (unpaired) electrons. The van der Waals surface area contributed by atoms with Crippen molar-refractivity contribution in [2.75, 3.05) is 39.3 Å². The number of para-hydroxylation sites is 2. The van der Waals surface area contributed by atoms with Crippen molar-refractivity contribution in [1.82, 2.24) is 24.3 Å². The fourth-order valence-electron chi connectivity index (χ4n) is 5.88. The molecule has 0 spiro atoms. The van der Waals surface area contributed by atoms with Gasteiger partial charge < -0.3 is 9.80 Å². The van der Waals surface area contributed by atoms with E-state index in [1.165, 1.54) is 0 Å². The van der Waals surface area contributed by atoms with E-state index in [0.29, 0.717) is 49.9 Å². The molecule has 4 aromatic rings. The van der Waals surface area contributed by atoms with Crippen molar-refractivity contribution in [1.29, 1.82) is 0 Å². The lowest BCUT2D eigenvalue weighted by atomic mass is 9.96. The zero-order chi connectivity index (χ0) is 27.6. The van der Waals surface area contributed by atoms with Crippen molar-refractivity contribution in [3.63, 3.8) is 0 Å². The first-order chi connectivity index (χ1) is 19.5. The molecule has 2 fully saturated rings. The molecule has 2 aliphatic rings. The van der Waals surface area contributed by atoms with E-state index in [-0.39, 0.29) is 17.7 Å². The summed E-state index contributed by atoms with van der Waals surface area (Å²) in [6.07, 6.45) is 1.86. The first kappa shape index (κ1) is 27.0. The van der Waals surface area contributed by atoms with Gasteiger partial charge in [-0.25, -0.2) is 4.98 Å². The highest BCUT2D eigenvalue weighted by Crippen LogP contribution is 2.27. The summed E-state index contributed by atoms with van der Waals surface area (Å²) < 4.78 is 3.24. The molecule has 0 bridgehead atoms. The Balaban J connectivity index is 1.12. The monoisotopic (exact) mass is 619 g/mol. The van der Waals surface area contributed by atoms with Crippen molar-refractivity contribution in [2.24, 2.45) is 5.92 Å². The molecule has 0 unspecified atom stereocenters. The number of fused-ring (bicyclic) bond motifs is 1. The maximum absolute atomic E-state index is 13.6. The van der Waals surface area contributed by atoms with Crippen LogP contribution in [0, 0.1) is 5.92 Å². The van der Waals surface area contributed by atoms with Gasteiger partial charge in [-0.1, -0.05) is 57.9 Å². The number of hydrogen-bond donors (Lipinski definition) is 0. The summed E-state index contributed by atoms with van der Waals surface area (Å²) in [6, 6.07) is 23.6. The van der Waals surface area contributed by atoms with Gasteiger partial charge in [-0.2, -0.15) is 0 Å². The second-order valence-corrected chi connectivity index (χ2v) is 11.8. The van der Waals surface area contributed by atoms with Crippen molar-refractivity contribution in [3.8, 4) is 5.69 Å². The van der Waals surface area contributed by atoms with Crippen molar-refractivity contribution in [2.45, 2.75) is 19.4 Å². The maximum atomic E-state index is 13.6. The van der Waals surface area contributed by atoms with Crippen molar-refractivity contribution < 1.29 is 9.59 Å². The molecule has 206 valence electrons. The lowest BCUT2D eigenvalue weighted by Gasteiger charge is -2.39. The van der Waals surface area contributed by atoms with E-state index in [1.54, 1.807) is 17.0 Å². The van der Waals surface area contributed by atoms with Gasteiger partial charge >= 0.3 is 0 Å². The van der Waals surface area contributed by atoms with Crippen LogP contribution in [0.3, 0.4) is 0 Å². The minimum atomic E-state index is -0.0742. The van der Waals surface area contributed by atoms with E-state index < -0.39 is 0 Å².